The zero-order valence-electron chi connectivity index (χ0n) is 8.27. The standard InChI is InChI=1S/C9H15N3O2/c1-2-8-11-12-9(14-8)5-13-7-3-6(10)4-7/h6-7H,2-5,10H2,1H3. The van der Waals surface area contributed by atoms with Gasteiger partial charge in [-0.15, -0.1) is 10.2 Å². The number of hydrogen-bond donors (Lipinski definition) is 1. The molecule has 2 N–H and O–H groups in total. The summed E-state index contributed by atoms with van der Waals surface area (Å²) in [6, 6.07) is 0.314. The summed E-state index contributed by atoms with van der Waals surface area (Å²) in [7, 11) is 0. The maximum atomic E-state index is 5.63. The zero-order chi connectivity index (χ0) is 9.97. The van der Waals surface area contributed by atoms with Gasteiger partial charge >= 0.3 is 0 Å². The molecule has 0 amide bonds. The maximum absolute atomic E-state index is 5.63. The third kappa shape index (κ3) is 2.10. The van der Waals surface area contributed by atoms with Gasteiger partial charge in [-0.1, -0.05) is 6.92 Å². The van der Waals surface area contributed by atoms with E-state index in [-0.39, 0.29) is 6.10 Å². The lowest BCUT2D eigenvalue weighted by Gasteiger charge is -2.31. The lowest BCUT2D eigenvalue weighted by molar-refractivity contribution is -0.0273. The summed E-state index contributed by atoms with van der Waals surface area (Å²) >= 11 is 0. The van der Waals surface area contributed by atoms with Crippen LogP contribution in [-0.2, 0) is 17.8 Å². The van der Waals surface area contributed by atoms with Crippen LogP contribution in [0.25, 0.3) is 0 Å². The van der Waals surface area contributed by atoms with Gasteiger partial charge in [0.25, 0.3) is 0 Å². The third-order valence-corrected chi connectivity index (χ3v) is 2.38. The molecule has 1 aromatic heterocycles. The van der Waals surface area contributed by atoms with E-state index in [1.165, 1.54) is 0 Å². The number of hydrogen-bond acceptors (Lipinski definition) is 5. The minimum atomic E-state index is 0.280. The van der Waals surface area contributed by atoms with Crippen LogP contribution in [0.1, 0.15) is 31.5 Å². The number of nitrogens with zero attached hydrogens (tertiary/aromatic N) is 2. The van der Waals surface area contributed by atoms with Crippen molar-refractivity contribution >= 4 is 0 Å². The van der Waals surface area contributed by atoms with Crippen molar-refractivity contribution in [2.75, 3.05) is 0 Å². The fraction of sp³-hybridized carbons (Fsp3) is 0.778. The van der Waals surface area contributed by atoms with Gasteiger partial charge in [-0.25, -0.2) is 0 Å². The van der Waals surface area contributed by atoms with Gasteiger partial charge in [-0.05, 0) is 12.8 Å². The van der Waals surface area contributed by atoms with Gasteiger partial charge in [0.1, 0.15) is 6.61 Å². The zero-order valence-corrected chi connectivity index (χ0v) is 8.27. The molecule has 1 heterocycles. The molecule has 1 fully saturated rings. The molecule has 0 aromatic carbocycles. The number of aromatic nitrogens is 2. The molecule has 5 heteroatoms. The summed E-state index contributed by atoms with van der Waals surface area (Å²) in [4.78, 5) is 0. The van der Waals surface area contributed by atoms with Gasteiger partial charge < -0.3 is 14.9 Å². The van der Waals surface area contributed by atoms with Gasteiger partial charge in [0.15, 0.2) is 0 Å². The molecule has 1 aliphatic rings. The normalized spacial score (nSPS) is 26.1. The molecule has 0 spiro atoms. The Bertz CT molecular complexity index is 294. The molecule has 2 rings (SSSR count). The highest BCUT2D eigenvalue weighted by Crippen LogP contribution is 2.22. The largest absolute Gasteiger partial charge is 0.423 e. The van der Waals surface area contributed by atoms with Crippen LogP contribution in [0.2, 0.25) is 0 Å². The Morgan fingerprint density at radius 2 is 2.14 bits per heavy atom. The molecule has 0 bridgehead atoms. The highest BCUT2D eigenvalue weighted by molar-refractivity contribution is 4.84. The third-order valence-electron chi connectivity index (χ3n) is 2.38. The van der Waals surface area contributed by atoms with E-state index in [0.717, 1.165) is 19.3 Å². The molecule has 1 saturated carbocycles. The van der Waals surface area contributed by atoms with Crippen LogP contribution in [0.3, 0.4) is 0 Å². The van der Waals surface area contributed by atoms with E-state index < -0.39 is 0 Å². The van der Waals surface area contributed by atoms with Crippen molar-refractivity contribution in [3.8, 4) is 0 Å². The van der Waals surface area contributed by atoms with Crippen molar-refractivity contribution in [2.45, 2.75) is 44.9 Å². The molecule has 5 nitrogen and oxygen atoms in total. The number of nitrogens with two attached hydrogens (primary N) is 1. The summed E-state index contributed by atoms with van der Waals surface area (Å²) in [5.74, 6) is 1.22. The van der Waals surface area contributed by atoms with E-state index in [1.807, 2.05) is 6.92 Å². The first-order valence-electron chi connectivity index (χ1n) is 4.96. The van der Waals surface area contributed by atoms with Crippen LogP contribution < -0.4 is 5.73 Å². The topological polar surface area (TPSA) is 74.2 Å². The van der Waals surface area contributed by atoms with Gasteiger partial charge in [0, 0.05) is 12.5 Å². The van der Waals surface area contributed by atoms with Gasteiger partial charge in [0.05, 0.1) is 6.10 Å². The molecule has 1 aliphatic carbocycles. The van der Waals surface area contributed by atoms with Crippen molar-refractivity contribution in [2.24, 2.45) is 5.73 Å². The molecule has 0 unspecified atom stereocenters. The van der Waals surface area contributed by atoms with Crippen LogP contribution in [0.5, 0.6) is 0 Å². The fourth-order valence-corrected chi connectivity index (χ4v) is 1.42. The molecular weight excluding hydrogens is 182 g/mol. The maximum Gasteiger partial charge on any atom is 0.242 e. The van der Waals surface area contributed by atoms with Crippen molar-refractivity contribution in [1.82, 2.24) is 10.2 Å². The number of aryl methyl sites for hydroxylation is 1. The second kappa shape index (κ2) is 4.06. The van der Waals surface area contributed by atoms with Crippen LogP contribution >= 0.6 is 0 Å². The second-order valence-electron chi connectivity index (χ2n) is 3.61. The molecule has 0 radical (unpaired) electrons. The van der Waals surface area contributed by atoms with E-state index in [4.69, 9.17) is 14.9 Å². The molecule has 0 aliphatic heterocycles. The lowest BCUT2D eigenvalue weighted by atomic mass is 9.90. The van der Waals surface area contributed by atoms with E-state index in [0.29, 0.717) is 24.4 Å². The first kappa shape index (κ1) is 9.61. The Balaban J connectivity index is 1.75. The average Bonchev–Trinajstić information content (AvgIpc) is 2.58. The van der Waals surface area contributed by atoms with E-state index in [9.17, 15) is 0 Å². The molecule has 0 saturated heterocycles. The van der Waals surface area contributed by atoms with Gasteiger partial charge in [0.2, 0.25) is 11.8 Å². The summed E-state index contributed by atoms with van der Waals surface area (Å²) in [5, 5.41) is 7.71. The molecule has 78 valence electrons. The quantitative estimate of drug-likeness (QED) is 0.766. The predicted molar refractivity (Wildman–Crippen MR) is 49.5 cm³/mol. The lowest BCUT2D eigenvalue weighted by Crippen LogP contribution is -2.41. The van der Waals surface area contributed by atoms with Gasteiger partial charge in [-0.3, -0.25) is 0 Å². The summed E-state index contributed by atoms with van der Waals surface area (Å²) in [6.07, 6.45) is 2.92. The van der Waals surface area contributed by atoms with E-state index >= 15 is 0 Å². The van der Waals surface area contributed by atoms with Crippen LogP contribution in [0.15, 0.2) is 4.42 Å². The monoisotopic (exact) mass is 197 g/mol. The Morgan fingerprint density at radius 3 is 2.71 bits per heavy atom. The molecular formula is C9H15N3O2. The molecule has 0 atom stereocenters. The minimum absolute atomic E-state index is 0.280. The summed E-state index contributed by atoms with van der Waals surface area (Å²) < 4.78 is 10.8. The Morgan fingerprint density at radius 1 is 1.43 bits per heavy atom. The van der Waals surface area contributed by atoms with Crippen molar-refractivity contribution in [3.63, 3.8) is 0 Å². The Kier molecular flexibility index (Phi) is 2.79. The average molecular weight is 197 g/mol. The summed E-state index contributed by atoms with van der Waals surface area (Å²) in [5.41, 5.74) is 5.63. The predicted octanol–water partition coefficient (Wildman–Crippen LogP) is 0.638. The van der Waals surface area contributed by atoms with E-state index in [2.05, 4.69) is 10.2 Å². The van der Waals surface area contributed by atoms with Crippen LogP contribution in [0.4, 0.5) is 0 Å². The van der Waals surface area contributed by atoms with E-state index in [1.54, 1.807) is 0 Å². The second-order valence-corrected chi connectivity index (χ2v) is 3.61. The Labute approximate surface area is 82.6 Å². The Hall–Kier alpha value is -0.940. The highest BCUT2D eigenvalue weighted by atomic mass is 16.5. The molecule has 14 heavy (non-hydrogen) atoms. The van der Waals surface area contributed by atoms with Crippen LogP contribution in [-0.4, -0.2) is 22.3 Å². The smallest absolute Gasteiger partial charge is 0.242 e. The first-order chi connectivity index (χ1) is 6.78. The van der Waals surface area contributed by atoms with Gasteiger partial charge in [-0.2, -0.15) is 0 Å². The van der Waals surface area contributed by atoms with Crippen molar-refractivity contribution in [3.05, 3.63) is 11.8 Å². The van der Waals surface area contributed by atoms with Crippen molar-refractivity contribution in [1.29, 1.82) is 0 Å². The van der Waals surface area contributed by atoms with Crippen molar-refractivity contribution < 1.29 is 9.15 Å². The summed E-state index contributed by atoms with van der Waals surface area (Å²) in [6.45, 7) is 2.38. The number of ether oxygens (including phenoxy) is 1. The SMILES string of the molecule is CCc1nnc(COC2CC(N)C2)o1. The highest BCUT2D eigenvalue weighted by Gasteiger charge is 2.26. The molecule has 1 aromatic rings. The van der Waals surface area contributed by atoms with Crippen LogP contribution in [0, 0.1) is 0 Å². The fourth-order valence-electron chi connectivity index (χ4n) is 1.42. The first-order valence-corrected chi connectivity index (χ1v) is 4.96. The minimum Gasteiger partial charge on any atom is -0.423 e. The number of rotatable bonds is 4.